The molecule has 0 aliphatic rings. The highest BCUT2D eigenvalue weighted by atomic mass is 16.6. The van der Waals surface area contributed by atoms with Crippen molar-refractivity contribution in [1.29, 1.82) is 0 Å². The number of hydrogen-bond donors (Lipinski definition) is 0. The van der Waals surface area contributed by atoms with Crippen LogP contribution in [0.5, 0.6) is 0 Å². The molecule has 0 rings (SSSR count). The lowest BCUT2D eigenvalue weighted by molar-refractivity contribution is -0.167. The summed E-state index contributed by atoms with van der Waals surface area (Å²) in [6.45, 7) is 6.48. The number of hydrogen-bond acceptors (Lipinski definition) is 6. The zero-order valence-corrected chi connectivity index (χ0v) is 51.4. The van der Waals surface area contributed by atoms with E-state index >= 15 is 0 Å². The number of esters is 3. The van der Waals surface area contributed by atoms with E-state index in [9.17, 15) is 14.4 Å². The van der Waals surface area contributed by atoms with E-state index in [1.54, 1.807) is 0 Å². The van der Waals surface area contributed by atoms with Gasteiger partial charge in [0.05, 0.1) is 0 Å². The Bertz CT molecular complexity index is 1530. The Morgan fingerprint density at radius 1 is 0.269 bits per heavy atom. The average molecular weight is 1090 g/mol. The maximum absolute atomic E-state index is 12.9. The van der Waals surface area contributed by atoms with Gasteiger partial charge < -0.3 is 14.2 Å². The minimum Gasteiger partial charge on any atom is -0.462 e. The highest BCUT2D eigenvalue weighted by Gasteiger charge is 2.19. The van der Waals surface area contributed by atoms with Crippen LogP contribution < -0.4 is 0 Å². The van der Waals surface area contributed by atoms with Crippen LogP contribution in [-0.2, 0) is 28.6 Å². The Labute approximate surface area is 483 Å². The lowest BCUT2D eigenvalue weighted by atomic mass is 10.0. The largest absolute Gasteiger partial charge is 0.462 e. The van der Waals surface area contributed by atoms with Gasteiger partial charge in [0.1, 0.15) is 13.2 Å². The summed E-state index contributed by atoms with van der Waals surface area (Å²) in [5.41, 5.74) is 0. The summed E-state index contributed by atoms with van der Waals surface area (Å²) in [4.78, 5) is 38.1. The number of carbonyl (C=O) groups is 3. The van der Waals surface area contributed by atoms with E-state index < -0.39 is 6.10 Å². The molecule has 78 heavy (non-hydrogen) atoms. The van der Waals surface area contributed by atoms with Crippen molar-refractivity contribution in [2.75, 3.05) is 13.2 Å². The second kappa shape index (κ2) is 65.8. The molecule has 1 atom stereocenters. The molecule has 0 spiro atoms. The Morgan fingerprint density at radius 2 is 0.500 bits per heavy atom. The molecule has 0 fully saturated rings. The monoisotopic (exact) mass is 1080 g/mol. The van der Waals surface area contributed by atoms with E-state index in [0.29, 0.717) is 19.3 Å². The fourth-order valence-corrected chi connectivity index (χ4v) is 9.36. The van der Waals surface area contributed by atoms with E-state index in [4.69, 9.17) is 14.2 Å². The summed E-state index contributed by atoms with van der Waals surface area (Å²) in [7, 11) is 0. The molecule has 0 aromatic rings. The van der Waals surface area contributed by atoms with Crippen molar-refractivity contribution in [2.45, 2.75) is 329 Å². The molecule has 6 nitrogen and oxygen atoms in total. The maximum atomic E-state index is 12.9. The van der Waals surface area contributed by atoms with Gasteiger partial charge in [0.15, 0.2) is 6.10 Å². The number of unbranched alkanes of at least 4 members (excludes halogenated alkanes) is 33. The highest BCUT2D eigenvalue weighted by molar-refractivity contribution is 5.71. The predicted molar refractivity (Wildman–Crippen MR) is 339 cm³/mol. The first-order chi connectivity index (χ1) is 38.5. The van der Waals surface area contributed by atoms with Gasteiger partial charge in [0.25, 0.3) is 0 Å². The second-order valence-electron chi connectivity index (χ2n) is 22.0. The SMILES string of the molecule is CC/C=C\C/C=C\C/C=C\C/C=C\C/C=C\C/C=C\CCCCC(=O)OC(COC(=O)CCCCCCCCCC)COC(=O)CCCCCCCCCCCCCCCCCCCCC/C=C\C/C=C\CCCCCCC. The molecule has 0 aliphatic carbocycles. The normalized spacial score (nSPS) is 12.7. The van der Waals surface area contributed by atoms with Crippen LogP contribution in [0, 0.1) is 0 Å². The van der Waals surface area contributed by atoms with Gasteiger partial charge in [-0.1, -0.05) is 298 Å². The molecule has 0 aliphatic heterocycles. The highest BCUT2D eigenvalue weighted by Crippen LogP contribution is 2.17. The average Bonchev–Trinajstić information content (AvgIpc) is 3.44. The van der Waals surface area contributed by atoms with Crippen molar-refractivity contribution in [1.82, 2.24) is 0 Å². The summed E-state index contributed by atoms with van der Waals surface area (Å²) < 4.78 is 16.8. The third-order valence-electron chi connectivity index (χ3n) is 14.3. The Morgan fingerprint density at radius 3 is 0.808 bits per heavy atom. The summed E-state index contributed by atoms with van der Waals surface area (Å²) in [5, 5.41) is 0. The van der Waals surface area contributed by atoms with Gasteiger partial charge in [-0.3, -0.25) is 14.4 Å². The van der Waals surface area contributed by atoms with Gasteiger partial charge in [0.2, 0.25) is 0 Å². The summed E-state index contributed by atoms with van der Waals surface area (Å²) >= 11 is 0. The first-order valence-corrected chi connectivity index (χ1v) is 33.2. The number of allylic oxidation sites excluding steroid dienone is 16. The fraction of sp³-hybridized carbons (Fsp3) is 0.736. The molecule has 0 radical (unpaired) electrons. The van der Waals surface area contributed by atoms with Crippen LogP contribution in [0.15, 0.2) is 97.2 Å². The van der Waals surface area contributed by atoms with E-state index in [2.05, 4.69) is 118 Å². The van der Waals surface area contributed by atoms with Gasteiger partial charge in [-0.2, -0.15) is 0 Å². The van der Waals surface area contributed by atoms with Crippen LogP contribution in [0.4, 0.5) is 0 Å². The van der Waals surface area contributed by atoms with Crippen molar-refractivity contribution in [2.24, 2.45) is 0 Å². The van der Waals surface area contributed by atoms with Gasteiger partial charge >= 0.3 is 17.9 Å². The number of ether oxygens (including phenoxy) is 3. The Hall–Kier alpha value is -3.67. The molecule has 0 saturated carbocycles. The smallest absolute Gasteiger partial charge is 0.306 e. The molecule has 6 heteroatoms. The summed E-state index contributed by atoms with van der Waals surface area (Å²) in [6.07, 6.45) is 88.8. The molecular formula is C72H124O6. The summed E-state index contributed by atoms with van der Waals surface area (Å²) in [6, 6.07) is 0. The van der Waals surface area contributed by atoms with Crippen LogP contribution in [-0.4, -0.2) is 37.2 Å². The molecule has 448 valence electrons. The molecule has 0 saturated heterocycles. The third-order valence-corrected chi connectivity index (χ3v) is 14.3. The predicted octanol–water partition coefficient (Wildman–Crippen LogP) is 22.8. The van der Waals surface area contributed by atoms with Crippen LogP contribution in [0.1, 0.15) is 323 Å². The van der Waals surface area contributed by atoms with Crippen LogP contribution in [0.3, 0.4) is 0 Å². The third kappa shape index (κ3) is 63.2. The van der Waals surface area contributed by atoms with Crippen molar-refractivity contribution in [3.8, 4) is 0 Å². The summed E-state index contributed by atoms with van der Waals surface area (Å²) in [5.74, 6) is -0.931. The van der Waals surface area contributed by atoms with Crippen molar-refractivity contribution < 1.29 is 28.6 Å². The zero-order chi connectivity index (χ0) is 56.4. The van der Waals surface area contributed by atoms with E-state index in [0.717, 1.165) is 96.3 Å². The number of carbonyl (C=O) groups excluding carboxylic acids is 3. The fourth-order valence-electron chi connectivity index (χ4n) is 9.36. The van der Waals surface area contributed by atoms with Crippen molar-refractivity contribution in [3.63, 3.8) is 0 Å². The molecular weight excluding hydrogens is 961 g/mol. The van der Waals surface area contributed by atoms with Gasteiger partial charge in [-0.25, -0.2) is 0 Å². The molecule has 0 heterocycles. The first kappa shape index (κ1) is 74.3. The van der Waals surface area contributed by atoms with E-state index in [1.807, 2.05) is 0 Å². The molecule has 0 aromatic carbocycles. The minimum atomic E-state index is -0.798. The molecule has 0 bridgehead atoms. The quantitative estimate of drug-likeness (QED) is 0.0261. The molecule has 0 aromatic heterocycles. The van der Waals surface area contributed by atoms with E-state index in [-0.39, 0.29) is 37.5 Å². The van der Waals surface area contributed by atoms with E-state index in [1.165, 1.54) is 180 Å². The molecule has 0 amide bonds. The van der Waals surface area contributed by atoms with Crippen molar-refractivity contribution >= 4 is 17.9 Å². The van der Waals surface area contributed by atoms with Gasteiger partial charge in [0, 0.05) is 19.3 Å². The standard InChI is InChI=1S/C72H124O6/c1-4-7-10-13-16-19-21-23-25-27-29-31-32-33-34-35-36-37-38-39-40-42-43-45-47-49-51-53-56-59-62-65-71(74)77-68-69(67-76-70(73)64-61-58-55-18-15-12-9-6-3)78-72(75)66-63-60-57-54-52-50-48-46-44-41-30-28-26-24-22-20-17-14-11-8-5-2/h8,11,17,20-21,23-24,26-27,29-30,41,46,48,52,54,69H,4-7,9-10,12-16,18-19,22,25,28,31-40,42-45,47,49-51,53,55-68H2,1-3H3/b11-8-,20-17-,23-21-,26-24-,29-27-,41-30-,48-46-,54-52-. The van der Waals surface area contributed by atoms with Crippen molar-refractivity contribution in [3.05, 3.63) is 97.2 Å². The first-order valence-electron chi connectivity index (χ1n) is 33.2. The topological polar surface area (TPSA) is 78.9 Å². The van der Waals surface area contributed by atoms with Crippen LogP contribution in [0.25, 0.3) is 0 Å². The lowest BCUT2D eigenvalue weighted by Gasteiger charge is -2.18. The molecule has 0 N–H and O–H groups in total. The minimum absolute atomic E-state index is 0.0923. The van der Waals surface area contributed by atoms with Crippen LogP contribution in [0.2, 0.25) is 0 Å². The van der Waals surface area contributed by atoms with Crippen LogP contribution >= 0.6 is 0 Å². The lowest BCUT2D eigenvalue weighted by Crippen LogP contribution is -2.30. The van der Waals surface area contributed by atoms with Gasteiger partial charge in [-0.05, 0) is 103 Å². The number of rotatable bonds is 60. The molecule has 1 unspecified atom stereocenters. The second-order valence-corrected chi connectivity index (χ2v) is 22.0. The zero-order valence-electron chi connectivity index (χ0n) is 51.4. The Balaban J connectivity index is 4.15. The van der Waals surface area contributed by atoms with Gasteiger partial charge in [-0.15, -0.1) is 0 Å². The maximum Gasteiger partial charge on any atom is 0.306 e. The Kier molecular flexibility index (Phi) is 62.7.